The van der Waals surface area contributed by atoms with E-state index in [0.717, 1.165) is 0 Å². The molecule has 0 fully saturated rings. The summed E-state index contributed by atoms with van der Waals surface area (Å²) in [5.41, 5.74) is 3.52. The van der Waals surface area contributed by atoms with Crippen LogP contribution < -0.4 is 15.9 Å². The Hall–Kier alpha value is -2.08. The van der Waals surface area contributed by atoms with Gasteiger partial charge < -0.3 is 30.3 Å². The van der Waals surface area contributed by atoms with Crippen LogP contribution in [-0.4, -0.2) is 24.1 Å². The molecule has 0 saturated heterocycles. The van der Waals surface area contributed by atoms with Crippen molar-refractivity contribution in [2.45, 2.75) is 12.1 Å². The Bertz CT molecular complexity index is 396. The molecule has 0 spiro atoms. The lowest BCUT2D eigenvalue weighted by Gasteiger charge is -2.25. The number of hydrogen-bond acceptors (Lipinski definition) is 5. The van der Waals surface area contributed by atoms with Gasteiger partial charge in [0.1, 0.15) is 11.7 Å². The second-order valence-electron chi connectivity index (χ2n) is 3.19. The molecule has 1 rings (SSSR count). The van der Waals surface area contributed by atoms with Crippen molar-refractivity contribution in [1.82, 2.24) is 0 Å². The topological polar surface area (TPSA) is 117 Å². The van der Waals surface area contributed by atoms with Gasteiger partial charge in [0.15, 0.2) is 12.1 Å². The zero-order valence-corrected chi connectivity index (χ0v) is 8.34. The Balaban J connectivity index is 2.76. The van der Waals surface area contributed by atoms with Gasteiger partial charge in [0.05, 0.1) is 5.97 Å². The minimum absolute atomic E-state index is 0.0568. The highest BCUT2D eigenvalue weighted by molar-refractivity contribution is 5.87. The summed E-state index contributed by atoms with van der Waals surface area (Å²) in [6.45, 7) is 3.12. The summed E-state index contributed by atoms with van der Waals surface area (Å²) in [4.78, 5) is 21.0. The highest BCUT2D eigenvalue weighted by Crippen LogP contribution is 2.15. The number of allylic oxidation sites excluding steroid dienone is 2. The van der Waals surface area contributed by atoms with Gasteiger partial charge in [0.2, 0.25) is 0 Å². The third kappa shape index (κ3) is 2.48. The number of carboxylic acid groups (broad SMARTS) is 2. The van der Waals surface area contributed by atoms with Crippen LogP contribution in [-0.2, 0) is 14.3 Å². The number of carbonyl (C=O) groups excluding carboxylic acids is 2. The second kappa shape index (κ2) is 4.63. The molecule has 1 aliphatic carbocycles. The summed E-state index contributed by atoms with van der Waals surface area (Å²) in [7, 11) is 0. The summed E-state index contributed by atoms with van der Waals surface area (Å²) < 4.78 is 4.91. The van der Waals surface area contributed by atoms with Gasteiger partial charge in [-0.3, -0.25) is 0 Å². The molecule has 0 aliphatic heterocycles. The first-order valence-corrected chi connectivity index (χ1v) is 4.43. The van der Waals surface area contributed by atoms with Crippen LogP contribution in [0.5, 0.6) is 0 Å². The molecule has 1 aliphatic rings. The summed E-state index contributed by atoms with van der Waals surface area (Å²) in [5.74, 6) is -3.48. The van der Waals surface area contributed by atoms with E-state index < -0.39 is 29.8 Å². The number of quaternary nitrogens is 1. The lowest BCUT2D eigenvalue weighted by atomic mass is 9.97. The normalized spacial score (nSPS) is 23.4. The van der Waals surface area contributed by atoms with Crippen LogP contribution in [0.4, 0.5) is 0 Å². The molecule has 0 bridgehead atoms. The zero-order valence-electron chi connectivity index (χ0n) is 8.34. The van der Waals surface area contributed by atoms with E-state index in [9.17, 15) is 19.8 Å². The average molecular weight is 224 g/mol. The van der Waals surface area contributed by atoms with Crippen molar-refractivity contribution in [3.8, 4) is 0 Å². The van der Waals surface area contributed by atoms with E-state index in [4.69, 9.17) is 4.74 Å². The number of ether oxygens (including phenoxy) is 1. The highest BCUT2D eigenvalue weighted by atomic mass is 16.5. The Labute approximate surface area is 91.3 Å². The van der Waals surface area contributed by atoms with Gasteiger partial charge in [-0.15, -0.1) is 0 Å². The van der Waals surface area contributed by atoms with Crippen LogP contribution in [0.1, 0.15) is 0 Å². The molecule has 3 N–H and O–H groups in total. The molecule has 86 valence electrons. The minimum Gasteiger partial charge on any atom is -0.545 e. The van der Waals surface area contributed by atoms with Gasteiger partial charge in [-0.1, -0.05) is 18.7 Å². The predicted molar refractivity (Wildman–Crippen MR) is 47.9 cm³/mol. The third-order valence-corrected chi connectivity index (χ3v) is 2.11. The van der Waals surface area contributed by atoms with Gasteiger partial charge in [-0.05, 0) is 6.08 Å². The molecule has 0 aromatic rings. The predicted octanol–water partition coefficient (Wildman–Crippen LogP) is -3.51. The zero-order chi connectivity index (χ0) is 12.3. The van der Waals surface area contributed by atoms with Crippen LogP contribution in [0.15, 0.2) is 36.1 Å². The van der Waals surface area contributed by atoms with Gasteiger partial charge in [0, 0.05) is 5.57 Å². The van der Waals surface area contributed by atoms with Crippen LogP contribution in [0.2, 0.25) is 0 Å². The molecule has 0 radical (unpaired) electrons. The quantitative estimate of drug-likeness (QED) is 0.392. The lowest BCUT2D eigenvalue weighted by Crippen LogP contribution is -2.69. The van der Waals surface area contributed by atoms with Crippen molar-refractivity contribution in [2.75, 3.05) is 0 Å². The third-order valence-electron chi connectivity index (χ3n) is 2.11. The number of hydrogen-bond donors (Lipinski definition) is 1. The molecule has 6 heteroatoms. The molecule has 0 aromatic heterocycles. The molecule has 0 heterocycles. The SMILES string of the molecule is C=C(O[C@H]1C=CC=C(C(=O)[O-])[C@@H]1[NH3+])C(=O)[O-]. The van der Waals surface area contributed by atoms with Crippen LogP contribution in [0, 0.1) is 0 Å². The molecule has 6 nitrogen and oxygen atoms in total. The molecule has 16 heavy (non-hydrogen) atoms. The maximum absolute atomic E-state index is 10.7. The average Bonchev–Trinajstić information content (AvgIpc) is 2.20. The fraction of sp³-hybridized carbons (Fsp3) is 0.200. The van der Waals surface area contributed by atoms with E-state index in [-0.39, 0.29) is 5.57 Å². The molecular formula is C10H10NO5-. The van der Waals surface area contributed by atoms with Gasteiger partial charge in [0.25, 0.3) is 0 Å². The first-order valence-electron chi connectivity index (χ1n) is 4.43. The number of carbonyl (C=O) groups is 2. The van der Waals surface area contributed by atoms with E-state index in [0.29, 0.717) is 0 Å². The molecule has 2 atom stereocenters. The van der Waals surface area contributed by atoms with Crippen molar-refractivity contribution in [3.05, 3.63) is 36.1 Å². The first-order chi connectivity index (χ1) is 7.43. The van der Waals surface area contributed by atoms with Gasteiger partial charge in [-0.25, -0.2) is 0 Å². The highest BCUT2D eigenvalue weighted by Gasteiger charge is 2.27. The minimum atomic E-state index is -1.55. The maximum Gasteiger partial charge on any atom is 0.173 e. The van der Waals surface area contributed by atoms with E-state index >= 15 is 0 Å². The Kier molecular flexibility index (Phi) is 3.47. The van der Waals surface area contributed by atoms with Gasteiger partial charge in [-0.2, -0.15) is 0 Å². The van der Waals surface area contributed by atoms with Crippen molar-refractivity contribution >= 4 is 11.9 Å². The van der Waals surface area contributed by atoms with E-state index in [1.54, 1.807) is 0 Å². The number of carboxylic acids is 2. The van der Waals surface area contributed by atoms with E-state index in [1.807, 2.05) is 0 Å². The van der Waals surface area contributed by atoms with Gasteiger partial charge >= 0.3 is 0 Å². The standard InChI is InChI=1S/C10H11NO5/c1-5(9(12)13)16-7-4-2-3-6(8(7)11)10(14)15/h2-4,7-8H,1,11H2,(H,12,13)(H,14,15)/p-1/t7-,8-/m0/s1. The largest absolute Gasteiger partial charge is 0.545 e. The van der Waals surface area contributed by atoms with E-state index in [2.05, 4.69) is 12.3 Å². The molecule has 0 unspecified atom stereocenters. The monoisotopic (exact) mass is 224 g/mol. The summed E-state index contributed by atoms with van der Waals surface area (Å²) in [6, 6.07) is -0.758. The number of rotatable bonds is 4. The van der Waals surface area contributed by atoms with Crippen LogP contribution in [0.25, 0.3) is 0 Å². The molecular weight excluding hydrogens is 214 g/mol. The lowest BCUT2D eigenvalue weighted by molar-refractivity contribution is -0.423. The number of aliphatic carboxylic acids is 2. The fourth-order valence-electron chi connectivity index (χ4n) is 1.26. The summed E-state index contributed by atoms with van der Waals surface area (Å²) >= 11 is 0. The Morgan fingerprint density at radius 3 is 2.56 bits per heavy atom. The smallest absolute Gasteiger partial charge is 0.173 e. The van der Waals surface area contributed by atoms with Crippen molar-refractivity contribution in [2.24, 2.45) is 0 Å². The molecule has 0 aromatic carbocycles. The van der Waals surface area contributed by atoms with Crippen molar-refractivity contribution in [1.29, 1.82) is 0 Å². The first kappa shape index (κ1) is 12.0. The maximum atomic E-state index is 10.7. The Morgan fingerprint density at radius 2 is 2.06 bits per heavy atom. The fourth-order valence-corrected chi connectivity index (χ4v) is 1.26. The van der Waals surface area contributed by atoms with E-state index in [1.165, 1.54) is 18.2 Å². The van der Waals surface area contributed by atoms with Crippen molar-refractivity contribution in [3.63, 3.8) is 0 Å². The van der Waals surface area contributed by atoms with Crippen LogP contribution in [0.3, 0.4) is 0 Å². The summed E-state index contributed by atoms with van der Waals surface area (Å²) in [6.07, 6.45) is 3.44. The van der Waals surface area contributed by atoms with Crippen LogP contribution >= 0.6 is 0 Å². The molecule has 0 amide bonds. The Morgan fingerprint density at radius 1 is 1.44 bits per heavy atom. The van der Waals surface area contributed by atoms with Crippen molar-refractivity contribution < 1.29 is 30.3 Å². The second-order valence-corrected chi connectivity index (χ2v) is 3.19. The summed E-state index contributed by atoms with van der Waals surface area (Å²) in [5, 5.41) is 21.0. The molecule has 0 saturated carbocycles.